The molecule has 3 aromatic rings. The van der Waals surface area contributed by atoms with Gasteiger partial charge in [-0.3, -0.25) is 14.8 Å². The Kier molecular flexibility index (Phi) is 6.09. The van der Waals surface area contributed by atoms with E-state index >= 15 is 0 Å². The predicted molar refractivity (Wildman–Crippen MR) is 101 cm³/mol. The summed E-state index contributed by atoms with van der Waals surface area (Å²) in [7, 11) is 0. The monoisotopic (exact) mass is 404 g/mol. The van der Waals surface area contributed by atoms with E-state index in [1.807, 2.05) is 30.3 Å². The van der Waals surface area contributed by atoms with Crippen LogP contribution in [0.1, 0.15) is 34.5 Å². The molecule has 2 heterocycles. The minimum Gasteiger partial charge on any atom is -0.294 e. The first-order valence-corrected chi connectivity index (χ1v) is 8.97. The second-order valence-corrected chi connectivity index (χ2v) is 6.70. The summed E-state index contributed by atoms with van der Waals surface area (Å²) in [4.78, 5) is 19.6. The van der Waals surface area contributed by atoms with Gasteiger partial charge in [0.05, 0.1) is 5.02 Å². The number of hydrogen-bond donors (Lipinski definition) is 0. The lowest BCUT2D eigenvalue weighted by Gasteiger charge is -2.10. The van der Waals surface area contributed by atoms with Crippen LogP contribution in [0.4, 0.5) is 13.2 Å². The number of benzene rings is 1. The van der Waals surface area contributed by atoms with Gasteiger partial charge in [-0.2, -0.15) is 13.2 Å². The average molecular weight is 405 g/mol. The highest BCUT2D eigenvalue weighted by Crippen LogP contribution is 2.30. The van der Waals surface area contributed by atoms with Crippen LogP contribution in [0.3, 0.4) is 0 Å². The molecule has 0 bridgehead atoms. The number of aromatic nitrogens is 2. The van der Waals surface area contributed by atoms with Crippen LogP contribution in [0.5, 0.6) is 0 Å². The van der Waals surface area contributed by atoms with Gasteiger partial charge in [0.1, 0.15) is 0 Å². The van der Waals surface area contributed by atoms with Gasteiger partial charge in [0.2, 0.25) is 0 Å². The van der Waals surface area contributed by atoms with Crippen molar-refractivity contribution in [3.05, 3.63) is 82.9 Å². The van der Waals surface area contributed by atoms with Gasteiger partial charge in [0, 0.05) is 36.1 Å². The Labute approximate surface area is 165 Å². The number of Topliss-reactive ketones (excluding diaryl/α,β-unsaturated/α-hetero) is 1. The molecule has 2 aromatic heterocycles. The van der Waals surface area contributed by atoms with Crippen LogP contribution in [0.15, 0.2) is 61.1 Å². The summed E-state index contributed by atoms with van der Waals surface area (Å²) >= 11 is 5.94. The quantitative estimate of drug-likeness (QED) is 0.472. The van der Waals surface area contributed by atoms with Crippen molar-refractivity contribution in [1.29, 1.82) is 0 Å². The molecule has 0 fully saturated rings. The highest BCUT2D eigenvalue weighted by molar-refractivity contribution is 6.30. The molecule has 0 amide bonds. The number of carbonyl (C=O) groups excluding carboxylic acids is 1. The van der Waals surface area contributed by atoms with Crippen molar-refractivity contribution < 1.29 is 18.0 Å². The van der Waals surface area contributed by atoms with Crippen LogP contribution in [-0.4, -0.2) is 15.8 Å². The zero-order valence-electron chi connectivity index (χ0n) is 14.7. The van der Waals surface area contributed by atoms with Crippen LogP contribution >= 0.6 is 11.6 Å². The SMILES string of the molecule is O=C(CCCc1ccc(-c2cncc(Cl)c2)cc1)c1cccnc1C(F)(F)F. The fraction of sp³-hybridized carbons (Fsp3) is 0.190. The molecule has 0 N–H and O–H groups in total. The molecular weight excluding hydrogens is 389 g/mol. The minimum atomic E-state index is -4.64. The van der Waals surface area contributed by atoms with Gasteiger partial charge in [-0.25, -0.2) is 0 Å². The van der Waals surface area contributed by atoms with E-state index in [0.29, 0.717) is 17.9 Å². The predicted octanol–water partition coefficient (Wildman–Crippen LogP) is 6.02. The summed E-state index contributed by atoms with van der Waals surface area (Å²) in [5.41, 5.74) is 1.34. The number of rotatable bonds is 6. The zero-order valence-corrected chi connectivity index (χ0v) is 15.5. The second kappa shape index (κ2) is 8.52. The van der Waals surface area contributed by atoms with E-state index < -0.39 is 17.7 Å². The maximum atomic E-state index is 13.0. The number of pyridine rings is 2. The van der Waals surface area contributed by atoms with Crippen molar-refractivity contribution in [2.75, 3.05) is 0 Å². The summed E-state index contributed by atoms with van der Waals surface area (Å²) in [5.74, 6) is -0.554. The molecule has 144 valence electrons. The number of alkyl halides is 3. The molecular formula is C21H16ClF3N2O. The Bertz CT molecular complexity index is 972. The maximum absolute atomic E-state index is 13.0. The third kappa shape index (κ3) is 4.95. The molecule has 0 atom stereocenters. The van der Waals surface area contributed by atoms with E-state index in [-0.39, 0.29) is 12.0 Å². The number of nitrogens with zero attached hydrogens (tertiary/aromatic N) is 2. The van der Waals surface area contributed by atoms with Crippen LogP contribution in [0.25, 0.3) is 11.1 Å². The molecule has 3 rings (SSSR count). The number of aryl methyl sites for hydroxylation is 1. The fourth-order valence-electron chi connectivity index (χ4n) is 2.88. The van der Waals surface area contributed by atoms with Crippen LogP contribution in [0.2, 0.25) is 5.02 Å². The number of hydrogen-bond acceptors (Lipinski definition) is 3. The smallest absolute Gasteiger partial charge is 0.294 e. The van der Waals surface area contributed by atoms with Gasteiger partial charge in [-0.15, -0.1) is 0 Å². The molecule has 0 aliphatic heterocycles. The summed E-state index contributed by atoms with van der Waals surface area (Å²) in [5, 5.41) is 0.550. The lowest BCUT2D eigenvalue weighted by molar-refractivity contribution is -0.141. The van der Waals surface area contributed by atoms with E-state index in [1.165, 1.54) is 12.1 Å². The third-order valence-corrected chi connectivity index (χ3v) is 4.44. The fourth-order valence-corrected chi connectivity index (χ4v) is 3.05. The first kappa shape index (κ1) is 20.0. The molecule has 0 unspecified atom stereocenters. The maximum Gasteiger partial charge on any atom is 0.434 e. The van der Waals surface area contributed by atoms with Crippen molar-refractivity contribution in [2.24, 2.45) is 0 Å². The molecule has 0 aliphatic rings. The Hall–Kier alpha value is -2.73. The number of carbonyl (C=O) groups is 1. The molecule has 0 saturated carbocycles. The lowest BCUT2D eigenvalue weighted by Crippen LogP contribution is -2.15. The Morgan fingerprint density at radius 1 is 1.04 bits per heavy atom. The molecule has 7 heteroatoms. The van der Waals surface area contributed by atoms with E-state index in [4.69, 9.17) is 11.6 Å². The lowest BCUT2D eigenvalue weighted by atomic mass is 10.00. The second-order valence-electron chi connectivity index (χ2n) is 6.26. The van der Waals surface area contributed by atoms with Gasteiger partial charge in [-0.05, 0) is 42.2 Å². The largest absolute Gasteiger partial charge is 0.434 e. The van der Waals surface area contributed by atoms with E-state index in [2.05, 4.69) is 9.97 Å². The highest BCUT2D eigenvalue weighted by atomic mass is 35.5. The molecule has 0 aliphatic carbocycles. The normalized spacial score (nSPS) is 11.4. The van der Waals surface area contributed by atoms with E-state index in [1.54, 1.807) is 12.4 Å². The Morgan fingerprint density at radius 3 is 2.46 bits per heavy atom. The molecule has 0 saturated heterocycles. The summed E-state index contributed by atoms with van der Waals surface area (Å²) in [6.45, 7) is 0. The molecule has 3 nitrogen and oxygen atoms in total. The van der Waals surface area contributed by atoms with Crippen molar-refractivity contribution in [3.8, 4) is 11.1 Å². The summed E-state index contributed by atoms with van der Waals surface area (Å²) in [6, 6.07) is 12.0. The van der Waals surface area contributed by atoms with Crippen molar-refractivity contribution in [3.63, 3.8) is 0 Å². The van der Waals surface area contributed by atoms with Crippen molar-refractivity contribution in [2.45, 2.75) is 25.4 Å². The van der Waals surface area contributed by atoms with Gasteiger partial charge in [-0.1, -0.05) is 35.9 Å². The van der Waals surface area contributed by atoms with Crippen LogP contribution in [-0.2, 0) is 12.6 Å². The third-order valence-electron chi connectivity index (χ3n) is 4.24. The van der Waals surface area contributed by atoms with E-state index in [9.17, 15) is 18.0 Å². The van der Waals surface area contributed by atoms with Gasteiger partial charge < -0.3 is 0 Å². The van der Waals surface area contributed by atoms with Gasteiger partial charge >= 0.3 is 6.18 Å². The Morgan fingerprint density at radius 2 is 1.79 bits per heavy atom. The molecule has 1 aromatic carbocycles. The first-order chi connectivity index (χ1) is 13.3. The average Bonchev–Trinajstić information content (AvgIpc) is 2.68. The van der Waals surface area contributed by atoms with Crippen LogP contribution < -0.4 is 0 Å². The molecule has 0 radical (unpaired) electrons. The van der Waals surface area contributed by atoms with Crippen LogP contribution in [0, 0.1) is 0 Å². The molecule has 0 spiro atoms. The van der Waals surface area contributed by atoms with Crippen molar-refractivity contribution in [1.82, 2.24) is 9.97 Å². The zero-order chi connectivity index (χ0) is 20.1. The summed E-state index contributed by atoms with van der Waals surface area (Å²) < 4.78 is 38.9. The summed E-state index contributed by atoms with van der Waals surface area (Å²) in [6.07, 6.45) is 0.724. The molecule has 28 heavy (non-hydrogen) atoms. The minimum absolute atomic E-state index is 0.0226. The number of halogens is 4. The topological polar surface area (TPSA) is 42.9 Å². The van der Waals surface area contributed by atoms with E-state index in [0.717, 1.165) is 22.9 Å². The first-order valence-electron chi connectivity index (χ1n) is 8.60. The van der Waals surface area contributed by atoms with Gasteiger partial charge in [0.15, 0.2) is 11.5 Å². The standard InChI is InChI=1S/C21H16ClF3N2O/c22-17-11-16(12-26-13-17)15-8-6-14(7-9-15)3-1-5-19(28)18-4-2-10-27-20(18)21(23,24)25/h2,4,6-13H,1,3,5H2. The highest BCUT2D eigenvalue weighted by Gasteiger charge is 2.36. The Balaban J connectivity index is 1.61. The van der Waals surface area contributed by atoms with Crippen molar-refractivity contribution >= 4 is 17.4 Å². The number of ketones is 1. The van der Waals surface area contributed by atoms with Gasteiger partial charge in [0.25, 0.3) is 0 Å².